The Labute approximate surface area is 119 Å². The average Bonchev–Trinajstić information content (AvgIpc) is 2.46. The fraction of sp³-hybridized carbons (Fsp3) is 0.579. The van der Waals surface area contributed by atoms with Gasteiger partial charge in [-0.3, -0.25) is 0 Å². The van der Waals surface area contributed by atoms with E-state index in [0.29, 0.717) is 0 Å². The fourth-order valence-corrected chi connectivity index (χ4v) is 2.42. The maximum atomic E-state index is 2.40. The van der Waals surface area contributed by atoms with Gasteiger partial charge in [0.15, 0.2) is 0 Å². The van der Waals surface area contributed by atoms with E-state index in [-0.39, 0.29) is 0 Å². The van der Waals surface area contributed by atoms with Crippen LogP contribution >= 0.6 is 0 Å². The Morgan fingerprint density at radius 2 is 1.42 bits per heavy atom. The molecule has 1 aromatic rings. The smallest absolute Gasteiger partial charge is 0.0231 e. The van der Waals surface area contributed by atoms with Crippen molar-refractivity contribution in [2.75, 3.05) is 0 Å². The fourth-order valence-electron chi connectivity index (χ4n) is 2.42. The lowest BCUT2D eigenvalue weighted by atomic mass is 10.0. The average molecular weight is 258 g/mol. The molecule has 0 N–H and O–H groups in total. The van der Waals surface area contributed by atoms with Crippen LogP contribution in [-0.2, 0) is 0 Å². The number of rotatable bonds is 10. The van der Waals surface area contributed by atoms with E-state index in [1.807, 2.05) is 0 Å². The number of benzene rings is 1. The number of hydrogen-bond donors (Lipinski definition) is 0. The molecule has 0 nitrogen and oxygen atoms in total. The first-order chi connectivity index (χ1) is 9.34. The van der Waals surface area contributed by atoms with E-state index in [9.17, 15) is 0 Å². The minimum atomic E-state index is 1.23. The zero-order valence-corrected chi connectivity index (χ0v) is 12.8. The molecule has 19 heavy (non-hydrogen) atoms. The van der Waals surface area contributed by atoms with Gasteiger partial charge in [0.25, 0.3) is 0 Å². The third-order valence-corrected chi connectivity index (χ3v) is 3.74. The van der Waals surface area contributed by atoms with Crippen LogP contribution in [0.5, 0.6) is 0 Å². The van der Waals surface area contributed by atoms with Crippen LogP contribution in [0.25, 0.3) is 5.57 Å². The van der Waals surface area contributed by atoms with Gasteiger partial charge in [0.2, 0.25) is 0 Å². The Hall–Kier alpha value is -1.04. The van der Waals surface area contributed by atoms with Gasteiger partial charge < -0.3 is 0 Å². The summed E-state index contributed by atoms with van der Waals surface area (Å²) in [5, 5.41) is 0. The lowest BCUT2D eigenvalue weighted by Crippen LogP contribution is -1.81. The van der Waals surface area contributed by atoms with E-state index in [0.717, 1.165) is 0 Å². The Bertz CT molecular complexity index is 334. The van der Waals surface area contributed by atoms with E-state index in [1.165, 1.54) is 68.9 Å². The topological polar surface area (TPSA) is 0 Å². The minimum absolute atomic E-state index is 1.23. The quantitative estimate of drug-likeness (QED) is 0.414. The molecule has 0 aliphatic rings. The molecule has 0 saturated heterocycles. The third-order valence-electron chi connectivity index (χ3n) is 3.74. The zero-order chi connectivity index (χ0) is 13.8. The van der Waals surface area contributed by atoms with E-state index >= 15 is 0 Å². The molecule has 0 spiro atoms. The number of hydrogen-bond acceptors (Lipinski definition) is 0. The van der Waals surface area contributed by atoms with Gasteiger partial charge in [0, 0.05) is 0 Å². The van der Waals surface area contributed by atoms with Crippen molar-refractivity contribution in [3.05, 3.63) is 42.0 Å². The highest BCUT2D eigenvalue weighted by Gasteiger charge is 1.94. The molecule has 0 radical (unpaired) electrons. The molecule has 0 aliphatic carbocycles. The van der Waals surface area contributed by atoms with Crippen LogP contribution < -0.4 is 0 Å². The van der Waals surface area contributed by atoms with E-state index in [1.54, 1.807) is 0 Å². The molecule has 0 atom stereocenters. The highest BCUT2D eigenvalue weighted by molar-refractivity contribution is 5.63. The summed E-state index contributed by atoms with van der Waals surface area (Å²) in [4.78, 5) is 0. The van der Waals surface area contributed by atoms with E-state index < -0.39 is 0 Å². The molecule has 106 valence electrons. The molecule has 0 fully saturated rings. The van der Waals surface area contributed by atoms with Gasteiger partial charge in [0.05, 0.1) is 0 Å². The Kier molecular flexibility index (Phi) is 9.14. The summed E-state index contributed by atoms with van der Waals surface area (Å²) in [5.41, 5.74) is 2.78. The molecule has 0 bridgehead atoms. The molecule has 1 aromatic carbocycles. The van der Waals surface area contributed by atoms with Crippen molar-refractivity contribution in [1.82, 2.24) is 0 Å². The van der Waals surface area contributed by atoms with Gasteiger partial charge in [-0.25, -0.2) is 0 Å². The van der Waals surface area contributed by atoms with Crippen molar-refractivity contribution >= 4 is 5.57 Å². The van der Waals surface area contributed by atoms with Crippen LogP contribution in [0.3, 0.4) is 0 Å². The summed E-state index contributed by atoms with van der Waals surface area (Å²) in [6.07, 6.45) is 14.9. The molecular formula is C19H30. The molecule has 0 heteroatoms. The first-order valence-electron chi connectivity index (χ1n) is 8.06. The van der Waals surface area contributed by atoms with Gasteiger partial charge in [0.1, 0.15) is 0 Å². The van der Waals surface area contributed by atoms with Crippen molar-refractivity contribution in [2.24, 2.45) is 0 Å². The van der Waals surface area contributed by atoms with Gasteiger partial charge in [-0.1, -0.05) is 88.3 Å². The second-order valence-corrected chi connectivity index (χ2v) is 5.52. The largest absolute Gasteiger partial charge is 0.0810 e. The molecule has 0 aromatic heterocycles. The standard InChI is InChI=1S/C19H30/c1-3-4-5-6-7-8-9-10-12-15-18(2)19-16-13-11-14-17-19/h11,13-17H,3-10,12H2,1-2H3. The van der Waals surface area contributed by atoms with Gasteiger partial charge in [-0.15, -0.1) is 0 Å². The number of unbranched alkanes of at least 4 members (excludes halogenated alkanes) is 8. The van der Waals surface area contributed by atoms with Crippen LogP contribution in [-0.4, -0.2) is 0 Å². The molecular weight excluding hydrogens is 228 g/mol. The third kappa shape index (κ3) is 7.87. The van der Waals surface area contributed by atoms with Crippen LogP contribution in [0.1, 0.15) is 77.2 Å². The number of allylic oxidation sites excluding steroid dienone is 2. The lowest BCUT2D eigenvalue weighted by Gasteiger charge is -2.02. The van der Waals surface area contributed by atoms with E-state index in [2.05, 4.69) is 50.3 Å². The molecule has 0 amide bonds. The first-order valence-corrected chi connectivity index (χ1v) is 8.06. The second-order valence-electron chi connectivity index (χ2n) is 5.52. The van der Waals surface area contributed by atoms with Crippen LogP contribution in [0.4, 0.5) is 0 Å². The van der Waals surface area contributed by atoms with Gasteiger partial charge >= 0.3 is 0 Å². The van der Waals surface area contributed by atoms with Crippen LogP contribution in [0.15, 0.2) is 36.4 Å². The molecule has 0 saturated carbocycles. The summed E-state index contributed by atoms with van der Waals surface area (Å²) in [7, 11) is 0. The van der Waals surface area contributed by atoms with Gasteiger partial charge in [-0.05, 0) is 30.9 Å². The lowest BCUT2D eigenvalue weighted by molar-refractivity contribution is 0.578. The van der Waals surface area contributed by atoms with Crippen molar-refractivity contribution in [1.29, 1.82) is 0 Å². The Balaban J connectivity index is 2.04. The highest BCUT2D eigenvalue weighted by atomic mass is 14.0. The molecule has 1 rings (SSSR count). The zero-order valence-electron chi connectivity index (χ0n) is 12.8. The maximum Gasteiger partial charge on any atom is -0.0231 e. The van der Waals surface area contributed by atoms with Crippen LogP contribution in [0, 0.1) is 0 Å². The van der Waals surface area contributed by atoms with Crippen molar-refractivity contribution < 1.29 is 0 Å². The monoisotopic (exact) mass is 258 g/mol. The molecule has 0 heterocycles. The highest BCUT2D eigenvalue weighted by Crippen LogP contribution is 2.15. The summed E-state index contributed by atoms with van der Waals surface area (Å²) < 4.78 is 0. The first kappa shape index (κ1) is 16.0. The normalized spacial score (nSPS) is 11.8. The van der Waals surface area contributed by atoms with Crippen molar-refractivity contribution in [3.63, 3.8) is 0 Å². The summed E-state index contributed by atoms with van der Waals surface area (Å²) >= 11 is 0. The summed E-state index contributed by atoms with van der Waals surface area (Å²) in [6.45, 7) is 4.50. The van der Waals surface area contributed by atoms with Crippen molar-refractivity contribution in [2.45, 2.75) is 71.6 Å². The van der Waals surface area contributed by atoms with Gasteiger partial charge in [-0.2, -0.15) is 0 Å². The van der Waals surface area contributed by atoms with E-state index in [4.69, 9.17) is 0 Å². The second kappa shape index (κ2) is 10.8. The minimum Gasteiger partial charge on any atom is -0.0810 e. The maximum absolute atomic E-state index is 2.40. The Morgan fingerprint density at radius 1 is 0.842 bits per heavy atom. The molecule has 0 aliphatic heterocycles. The summed E-state index contributed by atoms with van der Waals surface area (Å²) in [6, 6.07) is 10.7. The Morgan fingerprint density at radius 3 is 2.05 bits per heavy atom. The summed E-state index contributed by atoms with van der Waals surface area (Å²) in [5.74, 6) is 0. The predicted octanol–water partition coefficient (Wildman–Crippen LogP) is 6.62. The van der Waals surface area contributed by atoms with Crippen LogP contribution in [0.2, 0.25) is 0 Å². The van der Waals surface area contributed by atoms with Crippen molar-refractivity contribution in [3.8, 4) is 0 Å². The predicted molar refractivity (Wildman–Crippen MR) is 87.3 cm³/mol. The molecule has 0 unspecified atom stereocenters. The SMILES string of the molecule is CCCCCCCCCCC=C(C)c1ccccc1.